The van der Waals surface area contributed by atoms with Crippen molar-refractivity contribution in [2.45, 2.75) is 6.92 Å². The Morgan fingerprint density at radius 1 is 0.933 bits per heavy atom. The fourth-order valence-corrected chi connectivity index (χ4v) is 3.02. The Morgan fingerprint density at radius 2 is 1.60 bits per heavy atom. The molecule has 0 unspecified atom stereocenters. The van der Waals surface area contributed by atoms with Crippen LogP contribution in [-0.4, -0.2) is 31.5 Å². The van der Waals surface area contributed by atoms with E-state index in [1.165, 1.54) is 0 Å². The van der Waals surface area contributed by atoms with E-state index in [4.69, 9.17) is 11.6 Å². The van der Waals surface area contributed by atoms with Gasteiger partial charge in [0.2, 0.25) is 5.78 Å². The third kappa shape index (κ3) is 4.93. The molecular formula is C24H22ClN3O2. The Balaban J connectivity index is 2.03. The molecule has 152 valence electrons. The summed E-state index contributed by atoms with van der Waals surface area (Å²) in [7, 11) is 3.89. The zero-order chi connectivity index (χ0) is 21.7. The second kappa shape index (κ2) is 9.37. The summed E-state index contributed by atoms with van der Waals surface area (Å²) in [6.45, 7) is 1.89. The first-order valence-electron chi connectivity index (χ1n) is 9.39. The molecule has 0 spiro atoms. The Morgan fingerprint density at radius 3 is 2.23 bits per heavy atom. The number of nitrogens with one attached hydrogen (secondary N) is 1. The van der Waals surface area contributed by atoms with E-state index >= 15 is 0 Å². The summed E-state index contributed by atoms with van der Waals surface area (Å²) < 4.78 is 0. The van der Waals surface area contributed by atoms with Crippen LogP contribution in [-0.2, 0) is 4.79 Å². The van der Waals surface area contributed by atoms with Gasteiger partial charge < -0.3 is 10.2 Å². The van der Waals surface area contributed by atoms with Crippen LogP contribution in [0.4, 0.5) is 17.1 Å². The first-order chi connectivity index (χ1) is 14.4. The molecule has 3 rings (SSSR count). The van der Waals surface area contributed by atoms with Gasteiger partial charge in [-0.15, -0.1) is 0 Å². The van der Waals surface area contributed by atoms with Crippen molar-refractivity contribution in [2.24, 2.45) is 4.99 Å². The van der Waals surface area contributed by atoms with Crippen molar-refractivity contribution in [3.8, 4) is 0 Å². The number of carbonyl (C=O) groups is 2. The Labute approximate surface area is 181 Å². The number of hydrogen-bond donors (Lipinski definition) is 1. The van der Waals surface area contributed by atoms with Crippen molar-refractivity contribution in [3.63, 3.8) is 0 Å². The molecule has 5 nitrogen and oxygen atoms in total. The van der Waals surface area contributed by atoms with E-state index in [9.17, 15) is 9.59 Å². The van der Waals surface area contributed by atoms with Gasteiger partial charge in [0.15, 0.2) is 5.71 Å². The second-order valence-electron chi connectivity index (χ2n) is 6.95. The molecular weight excluding hydrogens is 398 g/mol. The normalized spacial score (nSPS) is 11.1. The number of aliphatic imine (C=N–C) groups is 1. The Kier molecular flexibility index (Phi) is 6.65. The maximum absolute atomic E-state index is 13.1. The molecule has 0 aliphatic carbocycles. The van der Waals surface area contributed by atoms with Gasteiger partial charge in [-0.3, -0.25) is 9.59 Å². The molecule has 0 saturated carbocycles. The van der Waals surface area contributed by atoms with Crippen LogP contribution in [0, 0.1) is 6.92 Å². The summed E-state index contributed by atoms with van der Waals surface area (Å²) in [5, 5.41) is 3.08. The Bertz CT molecular complexity index is 1110. The highest BCUT2D eigenvalue weighted by atomic mass is 35.5. The van der Waals surface area contributed by atoms with E-state index in [0.717, 1.165) is 11.3 Å². The first-order valence-corrected chi connectivity index (χ1v) is 9.77. The number of amides is 1. The predicted molar refractivity (Wildman–Crippen MR) is 123 cm³/mol. The molecule has 1 amide bonds. The van der Waals surface area contributed by atoms with Crippen molar-refractivity contribution >= 4 is 46.1 Å². The van der Waals surface area contributed by atoms with Crippen molar-refractivity contribution in [3.05, 3.63) is 88.9 Å². The highest BCUT2D eigenvalue weighted by Gasteiger charge is 2.23. The number of hydrogen-bond acceptors (Lipinski definition) is 4. The number of rotatable bonds is 6. The lowest BCUT2D eigenvalue weighted by Gasteiger charge is -2.14. The number of ketones is 1. The molecule has 6 heteroatoms. The molecule has 0 aromatic heterocycles. The Hall–Kier alpha value is -3.44. The van der Waals surface area contributed by atoms with E-state index in [0.29, 0.717) is 22.0 Å². The molecule has 3 aromatic carbocycles. The highest BCUT2D eigenvalue weighted by molar-refractivity contribution is 6.70. The summed E-state index contributed by atoms with van der Waals surface area (Å²) in [5.41, 5.74) is 2.99. The van der Waals surface area contributed by atoms with Crippen LogP contribution in [0.2, 0.25) is 5.02 Å². The van der Waals surface area contributed by atoms with Gasteiger partial charge in [0.1, 0.15) is 0 Å². The summed E-state index contributed by atoms with van der Waals surface area (Å²) in [6.07, 6.45) is 0. The van der Waals surface area contributed by atoms with Crippen LogP contribution in [0.15, 0.2) is 77.8 Å². The molecule has 30 heavy (non-hydrogen) atoms. The second-order valence-corrected chi connectivity index (χ2v) is 7.36. The number of nitrogens with zero attached hydrogens (tertiary/aromatic N) is 2. The number of para-hydroxylation sites is 1. The molecule has 0 fully saturated rings. The minimum absolute atomic E-state index is 0.207. The van der Waals surface area contributed by atoms with E-state index in [1.54, 1.807) is 54.6 Å². The number of carbonyl (C=O) groups excluding carboxylic acids is 2. The summed E-state index contributed by atoms with van der Waals surface area (Å²) in [4.78, 5) is 32.6. The SMILES string of the molecule is Cc1cc(N(C)C)ccc1N=C(C(=O)Nc1ccccc1Cl)C(=O)c1ccccc1. The smallest absolute Gasteiger partial charge is 0.278 e. The lowest BCUT2D eigenvalue weighted by Crippen LogP contribution is -2.30. The van der Waals surface area contributed by atoms with E-state index in [1.807, 2.05) is 44.1 Å². The fourth-order valence-electron chi connectivity index (χ4n) is 2.84. The standard InChI is InChI=1S/C24H22ClN3O2/c1-16-15-18(28(2)3)13-14-20(16)26-22(23(29)17-9-5-4-6-10-17)24(30)27-21-12-8-7-11-19(21)25/h4-15H,1-3H3,(H,27,30). The maximum Gasteiger partial charge on any atom is 0.278 e. The maximum atomic E-state index is 13.1. The number of halogens is 1. The highest BCUT2D eigenvalue weighted by Crippen LogP contribution is 2.25. The van der Waals surface area contributed by atoms with E-state index in [2.05, 4.69) is 10.3 Å². The van der Waals surface area contributed by atoms with Crippen LogP contribution >= 0.6 is 11.6 Å². The predicted octanol–water partition coefficient (Wildman–Crippen LogP) is 5.31. The van der Waals surface area contributed by atoms with Gasteiger partial charge in [-0.1, -0.05) is 54.1 Å². The lowest BCUT2D eigenvalue weighted by molar-refractivity contribution is -0.110. The summed E-state index contributed by atoms with van der Waals surface area (Å²) in [5.74, 6) is -1.08. The van der Waals surface area contributed by atoms with Crippen molar-refractivity contribution in [2.75, 3.05) is 24.3 Å². The van der Waals surface area contributed by atoms with Gasteiger partial charge in [0.25, 0.3) is 5.91 Å². The third-order valence-electron chi connectivity index (χ3n) is 4.52. The first kappa shape index (κ1) is 21.3. The average Bonchev–Trinajstić information content (AvgIpc) is 2.74. The molecule has 0 atom stereocenters. The topological polar surface area (TPSA) is 61.8 Å². The minimum Gasteiger partial charge on any atom is -0.378 e. The quantitative estimate of drug-likeness (QED) is 0.334. The average molecular weight is 420 g/mol. The van der Waals surface area contributed by atoms with Gasteiger partial charge in [-0.2, -0.15) is 0 Å². The zero-order valence-corrected chi connectivity index (χ0v) is 17.8. The van der Waals surface area contributed by atoms with Crippen molar-refractivity contribution < 1.29 is 9.59 Å². The molecule has 0 aliphatic heterocycles. The van der Waals surface area contributed by atoms with Crippen LogP contribution in [0.3, 0.4) is 0 Å². The van der Waals surface area contributed by atoms with Crippen LogP contribution < -0.4 is 10.2 Å². The van der Waals surface area contributed by atoms with Gasteiger partial charge in [-0.25, -0.2) is 4.99 Å². The van der Waals surface area contributed by atoms with Crippen molar-refractivity contribution in [1.82, 2.24) is 0 Å². The number of anilines is 2. The third-order valence-corrected chi connectivity index (χ3v) is 4.85. The largest absolute Gasteiger partial charge is 0.378 e. The molecule has 0 bridgehead atoms. The minimum atomic E-state index is -0.618. The summed E-state index contributed by atoms with van der Waals surface area (Å²) in [6, 6.07) is 21.1. The molecule has 0 radical (unpaired) electrons. The van der Waals surface area contributed by atoms with Crippen molar-refractivity contribution in [1.29, 1.82) is 0 Å². The number of Topliss-reactive ketones (excluding diaryl/α,β-unsaturated/α-hetero) is 1. The molecule has 0 heterocycles. The van der Waals surface area contributed by atoms with Gasteiger partial charge in [0, 0.05) is 25.3 Å². The monoisotopic (exact) mass is 419 g/mol. The van der Waals surface area contributed by atoms with Gasteiger partial charge >= 0.3 is 0 Å². The van der Waals surface area contributed by atoms with Crippen LogP contribution in [0.5, 0.6) is 0 Å². The van der Waals surface area contributed by atoms with Crippen LogP contribution in [0.1, 0.15) is 15.9 Å². The van der Waals surface area contributed by atoms with Gasteiger partial charge in [0.05, 0.1) is 16.4 Å². The number of benzene rings is 3. The van der Waals surface area contributed by atoms with Crippen LogP contribution in [0.25, 0.3) is 0 Å². The lowest BCUT2D eigenvalue weighted by atomic mass is 10.1. The summed E-state index contributed by atoms with van der Waals surface area (Å²) >= 11 is 6.16. The molecule has 0 aliphatic rings. The van der Waals surface area contributed by atoms with E-state index < -0.39 is 11.7 Å². The molecule has 0 saturated heterocycles. The molecule has 3 aromatic rings. The number of aryl methyl sites for hydroxylation is 1. The zero-order valence-electron chi connectivity index (χ0n) is 17.0. The molecule has 1 N–H and O–H groups in total. The van der Waals surface area contributed by atoms with Gasteiger partial charge in [-0.05, 0) is 42.8 Å². The fraction of sp³-hybridized carbons (Fsp3) is 0.125. The van der Waals surface area contributed by atoms with E-state index in [-0.39, 0.29) is 5.71 Å².